The number of amides is 1. The number of hydrogen-bond donors (Lipinski definition) is 3. The molecule has 1 fully saturated rings. The minimum Gasteiger partial charge on any atom is -0.362 e. The molecule has 2 aromatic rings. The summed E-state index contributed by atoms with van der Waals surface area (Å²) in [5.74, 6) is -2.89. The number of rotatable bonds is 4. The molecule has 31 heavy (non-hydrogen) atoms. The van der Waals surface area contributed by atoms with Gasteiger partial charge in [0.1, 0.15) is 27.9 Å². The highest BCUT2D eigenvalue weighted by molar-refractivity contribution is 7.93. The van der Waals surface area contributed by atoms with Crippen LogP contribution < -0.4 is 10.6 Å². The van der Waals surface area contributed by atoms with Crippen LogP contribution in [0.4, 0.5) is 14.5 Å². The summed E-state index contributed by atoms with van der Waals surface area (Å²) in [4.78, 5) is 16.1. The number of pyridine rings is 1. The molecule has 1 aliphatic heterocycles. The van der Waals surface area contributed by atoms with Gasteiger partial charge < -0.3 is 10.6 Å². The Morgan fingerprint density at radius 1 is 1.23 bits per heavy atom. The third-order valence-electron chi connectivity index (χ3n) is 5.90. The van der Waals surface area contributed by atoms with Crippen LogP contribution in [0.3, 0.4) is 0 Å². The van der Waals surface area contributed by atoms with Gasteiger partial charge in [0, 0.05) is 11.3 Å². The van der Waals surface area contributed by atoms with E-state index in [9.17, 15) is 22.0 Å². The van der Waals surface area contributed by atoms with E-state index in [0.29, 0.717) is 0 Å². The Hall–Kier alpha value is -2.88. The monoisotopic (exact) mass is 450 g/mol. The minimum atomic E-state index is -3.81. The van der Waals surface area contributed by atoms with Crippen molar-refractivity contribution < 1.29 is 22.0 Å². The van der Waals surface area contributed by atoms with E-state index in [1.807, 2.05) is 0 Å². The maximum absolute atomic E-state index is 14.8. The molecule has 0 bridgehead atoms. The van der Waals surface area contributed by atoms with E-state index in [2.05, 4.69) is 15.6 Å². The normalized spacial score (nSPS) is 25.2. The van der Waals surface area contributed by atoms with Crippen molar-refractivity contribution in [2.75, 3.05) is 11.1 Å². The summed E-state index contributed by atoms with van der Waals surface area (Å²) in [6.45, 7) is 6.43. The molecular formula is C21H24F2N4O3S. The van der Waals surface area contributed by atoms with Crippen LogP contribution in [0.5, 0.6) is 0 Å². The Balaban J connectivity index is 1.95. The number of amidine groups is 1. The summed E-state index contributed by atoms with van der Waals surface area (Å²) in [5, 5.41) is 13.8. The van der Waals surface area contributed by atoms with Crippen LogP contribution in [0.1, 0.15) is 43.7 Å². The number of hydrogen-bond acceptors (Lipinski definition) is 5. The van der Waals surface area contributed by atoms with Gasteiger partial charge >= 0.3 is 0 Å². The predicted octanol–water partition coefficient (Wildman–Crippen LogP) is 3.24. The van der Waals surface area contributed by atoms with Crippen molar-refractivity contribution in [2.24, 2.45) is 5.92 Å². The second-order valence-corrected chi connectivity index (χ2v) is 10.7. The van der Waals surface area contributed by atoms with Crippen LogP contribution >= 0.6 is 0 Å². The topological polar surface area (TPSA) is 112 Å². The van der Waals surface area contributed by atoms with Gasteiger partial charge in [-0.05, 0) is 50.1 Å². The number of halogens is 2. The molecule has 0 spiro atoms. The lowest BCUT2D eigenvalue weighted by Gasteiger charge is -2.46. The van der Waals surface area contributed by atoms with Gasteiger partial charge in [0.05, 0.1) is 17.5 Å². The SMILES string of the molecule is CC(C)[C@@]1(C)C(=N)N[C@](C)(c2cc(NC(=O)c3ccc(F)cn3)ccc2F)CS1(=O)=O. The van der Waals surface area contributed by atoms with E-state index in [1.165, 1.54) is 32.0 Å². The molecule has 1 saturated heterocycles. The second kappa shape index (κ2) is 7.67. The van der Waals surface area contributed by atoms with Crippen molar-refractivity contribution in [3.63, 3.8) is 0 Å². The van der Waals surface area contributed by atoms with E-state index in [4.69, 9.17) is 5.41 Å². The fourth-order valence-electron chi connectivity index (χ4n) is 3.65. The van der Waals surface area contributed by atoms with E-state index < -0.39 is 43.4 Å². The Morgan fingerprint density at radius 2 is 1.90 bits per heavy atom. The molecular weight excluding hydrogens is 426 g/mol. The zero-order valence-corrected chi connectivity index (χ0v) is 18.4. The number of sulfone groups is 1. The largest absolute Gasteiger partial charge is 0.362 e. The number of anilines is 1. The zero-order valence-electron chi connectivity index (χ0n) is 17.6. The van der Waals surface area contributed by atoms with E-state index in [0.717, 1.165) is 18.3 Å². The van der Waals surface area contributed by atoms with Crippen LogP contribution in [0.15, 0.2) is 36.5 Å². The van der Waals surface area contributed by atoms with Crippen LogP contribution in [0.25, 0.3) is 0 Å². The molecule has 1 aliphatic rings. The van der Waals surface area contributed by atoms with Gasteiger partial charge in [0.2, 0.25) is 0 Å². The molecule has 3 N–H and O–H groups in total. The molecule has 1 aromatic carbocycles. The quantitative estimate of drug-likeness (QED) is 0.662. The number of nitrogens with one attached hydrogen (secondary N) is 3. The van der Waals surface area contributed by atoms with Crippen molar-refractivity contribution in [1.82, 2.24) is 10.3 Å². The van der Waals surface area contributed by atoms with Crippen LogP contribution in [-0.2, 0) is 15.4 Å². The molecule has 1 aromatic heterocycles. The molecule has 3 rings (SSSR count). The van der Waals surface area contributed by atoms with E-state index >= 15 is 0 Å². The first-order valence-electron chi connectivity index (χ1n) is 9.62. The van der Waals surface area contributed by atoms with Crippen LogP contribution in [-0.4, -0.2) is 35.6 Å². The molecule has 0 aliphatic carbocycles. The lowest BCUT2D eigenvalue weighted by Crippen LogP contribution is -2.66. The van der Waals surface area contributed by atoms with Crippen molar-refractivity contribution in [3.8, 4) is 0 Å². The fourth-order valence-corrected chi connectivity index (χ4v) is 6.01. The average molecular weight is 451 g/mol. The third kappa shape index (κ3) is 3.91. The van der Waals surface area contributed by atoms with Gasteiger partial charge in [-0.25, -0.2) is 22.2 Å². The van der Waals surface area contributed by atoms with Gasteiger partial charge in [-0.1, -0.05) is 13.8 Å². The second-order valence-electron chi connectivity index (χ2n) is 8.36. The number of aromatic nitrogens is 1. The van der Waals surface area contributed by atoms with Gasteiger partial charge in [0.25, 0.3) is 5.91 Å². The number of benzene rings is 1. The number of carbonyl (C=O) groups is 1. The van der Waals surface area contributed by atoms with Crippen LogP contribution in [0.2, 0.25) is 0 Å². The van der Waals surface area contributed by atoms with Gasteiger partial charge in [-0.3, -0.25) is 10.2 Å². The molecule has 10 heteroatoms. The van der Waals surface area contributed by atoms with E-state index in [-0.39, 0.29) is 28.7 Å². The highest BCUT2D eigenvalue weighted by Gasteiger charge is 2.55. The molecule has 2 atom stereocenters. The maximum atomic E-state index is 14.8. The number of carbonyl (C=O) groups excluding carboxylic acids is 1. The fraction of sp³-hybridized carbons (Fsp3) is 0.381. The third-order valence-corrected chi connectivity index (χ3v) is 8.83. The summed E-state index contributed by atoms with van der Waals surface area (Å²) < 4.78 is 52.6. The van der Waals surface area contributed by atoms with Crippen molar-refractivity contribution in [2.45, 2.75) is 38.0 Å². The summed E-state index contributed by atoms with van der Waals surface area (Å²) in [6, 6.07) is 6.06. The predicted molar refractivity (Wildman–Crippen MR) is 114 cm³/mol. The maximum Gasteiger partial charge on any atom is 0.274 e. The molecule has 0 saturated carbocycles. The van der Waals surface area contributed by atoms with Crippen molar-refractivity contribution in [3.05, 3.63) is 59.4 Å². The summed E-state index contributed by atoms with van der Waals surface area (Å²) in [5.41, 5.74) is -1.25. The summed E-state index contributed by atoms with van der Waals surface area (Å²) in [7, 11) is -3.81. The first kappa shape index (κ1) is 22.8. The van der Waals surface area contributed by atoms with Crippen molar-refractivity contribution in [1.29, 1.82) is 5.41 Å². The Bertz CT molecular complexity index is 1150. The zero-order chi connectivity index (χ0) is 23.2. The average Bonchev–Trinajstić information content (AvgIpc) is 2.67. The highest BCUT2D eigenvalue weighted by atomic mass is 32.2. The molecule has 2 heterocycles. The van der Waals surface area contributed by atoms with Crippen LogP contribution in [0, 0.1) is 23.0 Å². The first-order chi connectivity index (χ1) is 14.3. The Morgan fingerprint density at radius 3 is 2.45 bits per heavy atom. The molecule has 0 radical (unpaired) electrons. The molecule has 0 unspecified atom stereocenters. The minimum absolute atomic E-state index is 0.00324. The molecule has 166 valence electrons. The summed E-state index contributed by atoms with van der Waals surface area (Å²) in [6.07, 6.45) is 0.903. The standard InChI is InChI=1S/C21H24F2N4O3S/c1-12(2)21(4)19(24)27-20(3,11-31(21,29)30)15-9-14(6-7-16(15)23)26-18(28)17-8-5-13(22)10-25-17/h5-10,12H,11H2,1-4H3,(H2,24,27)(H,26,28)/t20-,21-/m0/s1. The highest BCUT2D eigenvalue weighted by Crippen LogP contribution is 2.39. The van der Waals surface area contributed by atoms with Crippen molar-refractivity contribution >= 4 is 27.3 Å². The van der Waals surface area contributed by atoms with Gasteiger partial charge in [-0.2, -0.15) is 0 Å². The number of nitrogens with zero attached hydrogens (tertiary/aromatic N) is 1. The van der Waals surface area contributed by atoms with Gasteiger partial charge in [-0.15, -0.1) is 0 Å². The lowest BCUT2D eigenvalue weighted by atomic mass is 9.88. The molecule has 1 amide bonds. The van der Waals surface area contributed by atoms with E-state index in [1.54, 1.807) is 13.8 Å². The Kier molecular flexibility index (Phi) is 5.64. The Labute approximate surface area is 179 Å². The lowest BCUT2D eigenvalue weighted by molar-refractivity contribution is 0.102. The molecule has 7 nitrogen and oxygen atoms in total. The summed E-state index contributed by atoms with van der Waals surface area (Å²) >= 11 is 0. The first-order valence-corrected chi connectivity index (χ1v) is 11.3. The van der Waals surface area contributed by atoms with Gasteiger partial charge in [0.15, 0.2) is 9.84 Å². The smallest absolute Gasteiger partial charge is 0.274 e.